The second kappa shape index (κ2) is 7.73. The molecule has 0 aromatic heterocycles. The summed E-state index contributed by atoms with van der Waals surface area (Å²) in [5.41, 5.74) is 2.47. The van der Waals surface area contributed by atoms with Gasteiger partial charge in [0.25, 0.3) is 0 Å². The Balaban J connectivity index is 2.70. The molecular formula is C15H24ClN. The number of hydrogen-bond donors (Lipinski definition) is 1. The molecule has 0 heterocycles. The Kier molecular flexibility index (Phi) is 6.61. The number of nitrogens with one attached hydrogen (secondary N) is 1. The zero-order chi connectivity index (χ0) is 12.7. The third kappa shape index (κ3) is 4.69. The number of halogens is 1. The molecule has 0 fully saturated rings. The van der Waals surface area contributed by atoms with Gasteiger partial charge in [0.1, 0.15) is 0 Å². The maximum absolute atomic E-state index is 6.19. The lowest BCUT2D eigenvalue weighted by Gasteiger charge is -2.19. The van der Waals surface area contributed by atoms with E-state index in [-0.39, 0.29) is 0 Å². The van der Waals surface area contributed by atoms with Crippen LogP contribution in [0.15, 0.2) is 18.2 Å². The molecule has 1 unspecified atom stereocenters. The fraction of sp³-hybridized carbons (Fsp3) is 0.600. The average Bonchev–Trinajstić information content (AvgIpc) is 2.32. The van der Waals surface area contributed by atoms with E-state index in [2.05, 4.69) is 37.4 Å². The summed E-state index contributed by atoms with van der Waals surface area (Å²) in [6.07, 6.45) is 5.05. The summed E-state index contributed by atoms with van der Waals surface area (Å²) < 4.78 is 0. The van der Waals surface area contributed by atoms with Crippen molar-refractivity contribution in [1.82, 2.24) is 5.32 Å². The minimum absolute atomic E-state index is 0.449. The fourth-order valence-corrected chi connectivity index (χ4v) is 2.25. The molecule has 1 aromatic carbocycles. The summed E-state index contributed by atoms with van der Waals surface area (Å²) in [5.74, 6) is 0. The molecule has 0 aliphatic carbocycles. The van der Waals surface area contributed by atoms with Crippen LogP contribution in [0, 0.1) is 6.92 Å². The van der Waals surface area contributed by atoms with Crippen LogP contribution in [0.1, 0.15) is 56.7 Å². The predicted molar refractivity (Wildman–Crippen MR) is 76.7 cm³/mol. The SMILES string of the molecule is CCCCCC(NCC)c1ccc(C)c(Cl)c1. The van der Waals surface area contributed by atoms with Crippen LogP contribution < -0.4 is 5.32 Å². The first-order valence-corrected chi connectivity index (χ1v) is 7.06. The average molecular weight is 254 g/mol. The molecule has 0 amide bonds. The molecule has 0 radical (unpaired) electrons. The van der Waals surface area contributed by atoms with Crippen molar-refractivity contribution in [3.8, 4) is 0 Å². The topological polar surface area (TPSA) is 12.0 Å². The summed E-state index contributed by atoms with van der Waals surface area (Å²) in [4.78, 5) is 0. The van der Waals surface area contributed by atoms with E-state index in [0.29, 0.717) is 6.04 Å². The Morgan fingerprint density at radius 1 is 1.24 bits per heavy atom. The van der Waals surface area contributed by atoms with Gasteiger partial charge in [-0.2, -0.15) is 0 Å². The van der Waals surface area contributed by atoms with E-state index >= 15 is 0 Å². The molecule has 1 aromatic rings. The van der Waals surface area contributed by atoms with Crippen LogP contribution in [-0.2, 0) is 0 Å². The highest BCUT2D eigenvalue weighted by molar-refractivity contribution is 6.31. The maximum atomic E-state index is 6.19. The molecule has 0 spiro atoms. The Hall–Kier alpha value is -0.530. The van der Waals surface area contributed by atoms with Crippen LogP contribution in [0.3, 0.4) is 0 Å². The van der Waals surface area contributed by atoms with Gasteiger partial charge in [-0.05, 0) is 37.1 Å². The van der Waals surface area contributed by atoms with Crippen molar-refractivity contribution in [1.29, 1.82) is 0 Å². The molecule has 0 saturated carbocycles. The van der Waals surface area contributed by atoms with Crippen LogP contribution in [-0.4, -0.2) is 6.54 Å². The summed E-state index contributed by atoms with van der Waals surface area (Å²) in [6.45, 7) is 7.45. The van der Waals surface area contributed by atoms with E-state index in [1.165, 1.54) is 31.2 Å². The van der Waals surface area contributed by atoms with Crippen molar-refractivity contribution in [2.75, 3.05) is 6.54 Å². The van der Waals surface area contributed by atoms with Gasteiger partial charge in [-0.3, -0.25) is 0 Å². The molecule has 17 heavy (non-hydrogen) atoms. The van der Waals surface area contributed by atoms with Gasteiger partial charge in [-0.15, -0.1) is 0 Å². The highest BCUT2D eigenvalue weighted by atomic mass is 35.5. The quantitative estimate of drug-likeness (QED) is 0.683. The number of benzene rings is 1. The van der Waals surface area contributed by atoms with Gasteiger partial charge in [0.2, 0.25) is 0 Å². The normalized spacial score (nSPS) is 12.7. The van der Waals surface area contributed by atoms with Gasteiger partial charge >= 0.3 is 0 Å². The van der Waals surface area contributed by atoms with E-state index in [1.807, 2.05) is 6.92 Å². The van der Waals surface area contributed by atoms with Crippen LogP contribution in [0.4, 0.5) is 0 Å². The first-order chi connectivity index (χ1) is 8.19. The molecule has 0 aliphatic rings. The number of hydrogen-bond acceptors (Lipinski definition) is 1. The summed E-state index contributed by atoms with van der Waals surface area (Å²) in [6, 6.07) is 6.86. The lowest BCUT2D eigenvalue weighted by atomic mass is 9.99. The Morgan fingerprint density at radius 2 is 2.00 bits per heavy atom. The highest BCUT2D eigenvalue weighted by Gasteiger charge is 2.10. The molecule has 1 N–H and O–H groups in total. The van der Waals surface area contributed by atoms with Crippen LogP contribution in [0.25, 0.3) is 0 Å². The molecule has 1 atom stereocenters. The zero-order valence-electron chi connectivity index (χ0n) is 11.2. The molecule has 1 rings (SSSR count). The van der Waals surface area contributed by atoms with Crippen LogP contribution in [0.5, 0.6) is 0 Å². The standard InChI is InChI=1S/C15H24ClN/c1-4-6-7-8-15(17-5-2)13-10-9-12(3)14(16)11-13/h9-11,15,17H,4-8H2,1-3H3. The number of rotatable bonds is 7. The van der Waals surface area contributed by atoms with Gasteiger partial charge < -0.3 is 5.32 Å². The largest absolute Gasteiger partial charge is 0.310 e. The third-order valence-electron chi connectivity index (χ3n) is 3.15. The van der Waals surface area contributed by atoms with Crippen molar-refractivity contribution < 1.29 is 0 Å². The lowest BCUT2D eigenvalue weighted by molar-refractivity contribution is 0.486. The van der Waals surface area contributed by atoms with Crippen molar-refractivity contribution in [2.24, 2.45) is 0 Å². The predicted octanol–water partition coefficient (Wildman–Crippen LogP) is 4.88. The third-order valence-corrected chi connectivity index (χ3v) is 3.55. The van der Waals surface area contributed by atoms with Crippen molar-refractivity contribution in [3.63, 3.8) is 0 Å². The summed E-state index contributed by atoms with van der Waals surface area (Å²) in [5, 5.41) is 4.42. The second-order valence-electron chi connectivity index (χ2n) is 4.61. The Morgan fingerprint density at radius 3 is 2.59 bits per heavy atom. The first-order valence-electron chi connectivity index (χ1n) is 6.68. The van der Waals surface area contributed by atoms with Crippen LogP contribution >= 0.6 is 11.6 Å². The molecule has 0 aliphatic heterocycles. The molecule has 2 heteroatoms. The summed E-state index contributed by atoms with van der Waals surface area (Å²) >= 11 is 6.19. The minimum atomic E-state index is 0.449. The van der Waals surface area contributed by atoms with E-state index in [0.717, 1.165) is 17.1 Å². The smallest absolute Gasteiger partial charge is 0.0438 e. The Labute approximate surface area is 111 Å². The second-order valence-corrected chi connectivity index (χ2v) is 5.02. The van der Waals surface area contributed by atoms with E-state index < -0.39 is 0 Å². The molecule has 1 nitrogen and oxygen atoms in total. The highest BCUT2D eigenvalue weighted by Crippen LogP contribution is 2.24. The van der Waals surface area contributed by atoms with Crippen molar-refractivity contribution in [3.05, 3.63) is 34.3 Å². The first kappa shape index (κ1) is 14.5. The number of aryl methyl sites for hydroxylation is 1. The molecular weight excluding hydrogens is 230 g/mol. The zero-order valence-corrected chi connectivity index (χ0v) is 12.0. The van der Waals surface area contributed by atoms with Gasteiger partial charge in [0.15, 0.2) is 0 Å². The fourth-order valence-electron chi connectivity index (χ4n) is 2.06. The lowest BCUT2D eigenvalue weighted by Crippen LogP contribution is -2.20. The summed E-state index contributed by atoms with van der Waals surface area (Å²) in [7, 11) is 0. The van der Waals surface area contributed by atoms with E-state index in [4.69, 9.17) is 11.6 Å². The van der Waals surface area contributed by atoms with Gasteiger partial charge in [-0.25, -0.2) is 0 Å². The van der Waals surface area contributed by atoms with E-state index in [1.54, 1.807) is 0 Å². The minimum Gasteiger partial charge on any atom is -0.310 e. The van der Waals surface area contributed by atoms with E-state index in [9.17, 15) is 0 Å². The number of unbranched alkanes of at least 4 members (excludes halogenated alkanes) is 2. The molecule has 0 saturated heterocycles. The van der Waals surface area contributed by atoms with Crippen molar-refractivity contribution >= 4 is 11.6 Å². The van der Waals surface area contributed by atoms with Crippen LogP contribution in [0.2, 0.25) is 5.02 Å². The molecule has 96 valence electrons. The van der Waals surface area contributed by atoms with Crippen molar-refractivity contribution in [2.45, 2.75) is 52.5 Å². The van der Waals surface area contributed by atoms with Gasteiger partial charge in [-0.1, -0.05) is 56.8 Å². The Bertz CT molecular complexity index is 336. The molecule has 0 bridgehead atoms. The van der Waals surface area contributed by atoms with Gasteiger partial charge in [0, 0.05) is 11.1 Å². The van der Waals surface area contributed by atoms with Gasteiger partial charge in [0.05, 0.1) is 0 Å². The maximum Gasteiger partial charge on any atom is 0.0438 e. The monoisotopic (exact) mass is 253 g/mol.